The lowest BCUT2D eigenvalue weighted by atomic mass is 10.0. The van der Waals surface area contributed by atoms with E-state index in [1.165, 1.54) is 0 Å². The SMILES string of the molecule is CCOC(=O)N1CCC[C@H](CCl)C1. The first-order valence-corrected chi connectivity index (χ1v) is 5.29. The second-order valence-electron chi connectivity index (χ2n) is 3.31. The molecule has 76 valence electrons. The van der Waals surface area contributed by atoms with Gasteiger partial charge in [-0.1, -0.05) is 0 Å². The van der Waals surface area contributed by atoms with Gasteiger partial charge >= 0.3 is 6.09 Å². The first-order chi connectivity index (χ1) is 6.27. The Bertz CT molecular complexity index is 175. The quantitative estimate of drug-likeness (QED) is 0.647. The summed E-state index contributed by atoms with van der Waals surface area (Å²) in [6.07, 6.45) is 1.97. The minimum atomic E-state index is -0.197. The molecule has 1 heterocycles. The van der Waals surface area contributed by atoms with Crippen molar-refractivity contribution < 1.29 is 9.53 Å². The van der Waals surface area contributed by atoms with Crippen LogP contribution in [0.5, 0.6) is 0 Å². The molecular weight excluding hydrogens is 190 g/mol. The van der Waals surface area contributed by atoms with Gasteiger partial charge in [-0.05, 0) is 25.7 Å². The predicted octanol–water partition coefficient (Wildman–Crippen LogP) is 2.09. The highest BCUT2D eigenvalue weighted by Gasteiger charge is 2.23. The van der Waals surface area contributed by atoms with Crippen molar-refractivity contribution in [2.75, 3.05) is 25.6 Å². The molecule has 1 fully saturated rings. The molecule has 0 spiro atoms. The van der Waals surface area contributed by atoms with Gasteiger partial charge in [-0.3, -0.25) is 0 Å². The number of carbonyl (C=O) groups excluding carboxylic acids is 1. The molecule has 0 saturated carbocycles. The Kier molecular flexibility index (Phi) is 4.36. The molecule has 0 unspecified atom stereocenters. The van der Waals surface area contributed by atoms with Crippen molar-refractivity contribution in [1.82, 2.24) is 4.90 Å². The highest BCUT2D eigenvalue weighted by atomic mass is 35.5. The molecule has 4 heteroatoms. The van der Waals surface area contributed by atoms with Crippen molar-refractivity contribution in [2.24, 2.45) is 5.92 Å². The van der Waals surface area contributed by atoms with E-state index in [-0.39, 0.29) is 6.09 Å². The van der Waals surface area contributed by atoms with Gasteiger partial charge < -0.3 is 9.64 Å². The molecule has 0 aliphatic carbocycles. The normalized spacial score (nSPS) is 22.9. The number of amides is 1. The summed E-state index contributed by atoms with van der Waals surface area (Å²) < 4.78 is 4.92. The van der Waals surface area contributed by atoms with Gasteiger partial charge in [-0.25, -0.2) is 4.79 Å². The zero-order valence-corrected chi connectivity index (χ0v) is 8.72. The Hall–Kier alpha value is -0.440. The number of carbonyl (C=O) groups is 1. The molecule has 0 aromatic carbocycles. The van der Waals surface area contributed by atoms with E-state index in [0.29, 0.717) is 18.4 Å². The topological polar surface area (TPSA) is 29.5 Å². The summed E-state index contributed by atoms with van der Waals surface area (Å²) in [6, 6.07) is 0. The third-order valence-electron chi connectivity index (χ3n) is 2.26. The minimum absolute atomic E-state index is 0.197. The van der Waals surface area contributed by atoms with Gasteiger partial charge in [0.05, 0.1) is 6.61 Å². The van der Waals surface area contributed by atoms with Gasteiger partial charge in [0.1, 0.15) is 0 Å². The van der Waals surface area contributed by atoms with Gasteiger partial charge in [0, 0.05) is 19.0 Å². The fourth-order valence-electron chi connectivity index (χ4n) is 1.57. The Morgan fingerprint density at radius 2 is 2.46 bits per heavy atom. The number of likely N-dealkylation sites (tertiary alicyclic amines) is 1. The van der Waals surface area contributed by atoms with Crippen molar-refractivity contribution in [3.8, 4) is 0 Å². The van der Waals surface area contributed by atoms with Crippen molar-refractivity contribution in [3.05, 3.63) is 0 Å². The van der Waals surface area contributed by atoms with Crippen molar-refractivity contribution in [2.45, 2.75) is 19.8 Å². The van der Waals surface area contributed by atoms with Crippen LogP contribution in [0.25, 0.3) is 0 Å². The van der Waals surface area contributed by atoms with Crippen LogP contribution in [-0.4, -0.2) is 36.6 Å². The monoisotopic (exact) mass is 205 g/mol. The number of halogens is 1. The lowest BCUT2D eigenvalue weighted by Gasteiger charge is -2.30. The molecule has 1 aliphatic rings. The summed E-state index contributed by atoms with van der Waals surface area (Å²) >= 11 is 5.75. The fraction of sp³-hybridized carbons (Fsp3) is 0.889. The Balaban J connectivity index is 2.37. The van der Waals surface area contributed by atoms with E-state index in [0.717, 1.165) is 25.9 Å². The van der Waals surface area contributed by atoms with Crippen LogP contribution in [0.3, 0.4) is 0 Å². The predicted molar refractivity (Wildman–Crippen MR) is 52.0 cm³/mol. The first-order valence-electron chi connectivity index (χ1n) is 4.75. The summed E-state index contributed by atoms with van der Waals surface area (Å²) in [5.41, 5.74) is 0. The second-order valence-corrected chi connectivity index (χ2v) is 3.62. The van der Waals surface area contributed by atoms with Crippen LogP contribution in [-0.2, 0) is 4.74 Å². The average molecular weight is 206 g/mol. The molecule has 13 heavy (non-hydrogen) atoms. The molecule has 0 aromatic heterocycles. The Labute approximate surface area is 84.0 Å². The molecule has 1 aliphatic heterocycles. The molecule has 1 amide bonds. The molecule has 1 atom stereocenters. The van der Waals surface area contributed by atoms with E-state index < -0.39 is 0 Å². The van der Waals surface area contributed by atoms with Gasteiger partial charge in [0.25, 0.3) is 0 Å². The van der Waals surface area contributed by atoms with Crippen LogP contribution in [0, 0.1) is 5.92 Å². The van der Waals surface area contributed by atoms with E-state index in [4.69, 9.17) is 16.3 Å². The zero-order valence-electron chi connectivity index (χ0n) is 7.96. The van der Waals surface area contributed by atoms with Crippen LogP contribution >= 0.6 is 11.6 Å². The van der Waals surface area contributed by atoms with E-state index >= 15 is 0 Å². The summed E-state index contributed by atoms with van der Waals surface area (Å²) in [5.74, 6) is 1.08. The molecule has 3 nitrogen and oxygen atoms in total. The number of piperidine rings is 1. The molecular formula is C9H16ClNO2. The van der Waals surface area contributed by atoms with Crippen LogP contribution in [0.4, 0.5) is 4.79 Å². The van der Waals surface area contributed by atoms with Gasteiger partial charge in [-0.2, -0.15) is 0 Å². The largest absolute Gasteiger partial charge is 0.450 e. The van der Waals surface area contributed by atoms with Gasteiger partial charge in [0.15, 0.2) is 0 Å². The summed E-state index contributed by atoms with van der Waals surface area (Å²) in [6.45, 7) is 3.83. The second kappa shape index (κ2) is 5.32. The smallest absolute Gasteiger partial charge is 0.409 e. The number of nitrogens with zero attached hydrogens (tertiary/aromatic N) is 1. The number of ether oxygens (including phenoxy) is 1. The summed E-state index contributed by atoms with van der Waals surface area (Å²) in [5, 5.41) is 0. The van der Waals surface area contributed by atoms with Crippen molar-refractivity contribution in [3.63, 3.8) is 0 Å². The van der Waals surface area contributed by atoms with E-state index in [9.17, 15) is 4.79 Å². The lowest BCUT2D eigenvalue weighted by Crippen LogP contribution is -2.40. The van der Waals surface area contributed by atoms with E-state index in [2.05, 4.69) is 0 Å². The number of hydrogen-bond acceptors (Lipinski definition) is 2. The maximum atomic E-state index is 11.3. The number of hydrogen-bond donors (Lipinski definition) is 0. The van der Waals surface area contributed by atoms with Crippen LogP contribution in [0.15, 0.2) is 0 Å². The zero-order chi connectivity index (χ0) is 9.68. The molecule has 1 rings (SSSR count). The maximum Gasteiger partial charge on any atom is 0.409 e. The summed E-state index contributed by atoms with van der Waals surface area (Å²) in [4.78, 5) is 13.1. The van der Waals surface area contributed by atoms with Gasteiger partial charge in [0.2, 0.25) is 0 Å². The molecule has 0 radical (unpaired) electrons. The number of rotatable bonds is 2. The Morgan fingerprint density at radius 1 is 1.69 bits per heavy atom. The van der Waals surface area contributed by atoms with Crippen LogP contribution in [0.1, 0.15) is 19.8 Å². The highest BCUT2D eigenvalue weighted by Crippen LogP contribution is 2.17. The lowest BCUT2D eigenvalue weighted by molar-refractivity contribution is 0.0909. The number of alkyl halides is 1. The standard InChI is InChI=1S/C9H16ClNO2/c1-2-13-9(12)11-5-3-4-8(6-10)7-11/h8H,2-7H2,1H3/t8-/m1/s1. The average Bonchev–Trinajstić information content (AvgIpc) is 2.18. The van der Waals surface area contributed by atoms with E-state index in [1.54, 1.807) is 4.90 Å². The van der Waals surface area contributed by atoms with Gasteiger partial charge in [-0.15, -0.1) is 11.6 Å². The molecule has 0 N–H and O–H groups in total. The van der Waals surface area contributed by atoms with Crippen LogP contribution in [0.2, 0.25) is 0 Å². The van der Waals surface area contributed by atoms with Crippen molar-refractivity contribution >= 4 is 17.7 Å². The first kappa shape index (κ1) is 10.6. The van der Waals surface area contributed by atoms with E-state index in [1.807, 2.05) is 6.92 Å². The third kappa shape index (κ3) is 3.07. The maximum absolute atomic E-state index is 11.3. The molecule has 0 aromatic rings. The highest BCUT2D eigenvalue weighted by molar-refractivity contribution is 6.18. The third-order valence-corrected chi connectivity index (χ3v) is 2.70. The van der Waals surface area contributed by atoms with Crippen molar-refractivity contribution in [1.29, 1.82) is 0 Å². The molecule has 1 saturated heterocycles. The van der Waals surface area contributed by atoms with Crippen LogP contribution < -0.4 is 0 Å². The minimum Gasteiger partial charge on any atom is -0.450 e. The molecule has 0 bridgehead atoms. The summed E-state index contributed by atoms with van der Waals surface area (Å²) in [7, 11) is 0. The Morgan fingerprint density at radius 3 is 3.08 bits per heavy atom. The fourth-order valence-corrected chi connectivity index (χ4v) is 1.82.